The van der Waals surface area contributed by atoms with E-state index in [9.17, 15) is 22.4 Å². The zero-order valence-corrected chi connectivity index (χ0v) is 27.7. The Morgan fingerprint density at radius 3 is 2.09 bits per heavy atom. The molecule has 0 saturated carbocycles. The highest BCUT2D eigenvalue weighted by Gasteiger charge is 2.35. The molecular formula is C34H34Cl2FN3O5S. The fourth-order valence-corrected chi connectivity index (χ4v) is 6.77. The zero-order valence-electron chi connectivity index (χ0n) is 25.3. The standard InChI is InChI=1S/C34H34Cl2FN3O5S/c1-3-38-34(42)32(21-24-9-6-5-7-10-24)39(22-29-30(35)11-8-12-31(29)36)33(41)23-40(26-15-17-27(18-16-26)45-4-2)46(43,44)28-19-13-25(37)14-20-28/h5-20,32H,3-4,21-23H2,1-2H3,(H,38,42). The Morgan fingerprint density at radius 2 is 1.50 bits per heavy atom. The molecule has 4 rings (SSSR count). The number of nitrogens with zero attached hydrogens (tertiary/aromatic N) is 2. The van der Waals surface area contributed by atoms with Crippen LogP contribution in [0.3, 0.4) is 0 Å². The van der Waals surface area contributed by atoms with Crippen LogP contribution in [0.25, 0.3) is 0 Å². The van der Waals surface area contributed by atoms with E-state index >= 15 is 0 Å². The molecule has 12 heteroatoms. The summed E-state index contributed by atoms with van der Waals surface area (Å²) >= 11 is 13.0. The summed E-state index contributed by atoms with van der Waals surface area (Å²) in [4.78, 5) is 29.1. The number of hydrogen-bond donors (Lipinski definition) is 1. The monoisotopic (exact) mass is 685 g/mol. The molecule has 0 radical (unpaired) electrons. The molecule has 0 fully saturated rings. The van der Waals surface area contributed by atoms with Crippen molar-refractivity contribution >= 4 is 50.7 Å². The van der Waals surface area contributed by atoms with Gasteiger partial charge < -0.3 is 15.0 Å². The van der Waals surface area contributed by atoms with Gasteiger partial charge in [-0.2, -0.15) is 0 Å². The van der Waals surface area contributed by atoms with Crippen molar-refractivity contribution in [3.8, 4) is 5.75 Å². The van der Waals surface area contributed by atoms with Gasteiger partial charge in [0.2, 0.25) is 11.8 Å². The van der Waals surface area contributed by atoms with Gasteiger partial charge in [-0.15, -0.1) is 0 Å². The summed E-state index contributed by atoms with van der Waals surface area (Å²) in [7, 11) is -4.40. The highest BCUT2D eigenvalue weighted by molar-refractivity contribution is 7.92. The maximum Gasteiger partial charge on any atom is 0.264 e. The van der Waals surface area contributed by atoms with Crippen LogP contribution < -0.4 is 14.4 Å². The average Bonchev–Trinajstić information content (AvgIpc) is 3.04. The molecule has 0 aliphatic carbocycles. The van der Waals surface area contributed by atoms with Crippen LogP contribution in [0.4, 0.5) is 10.1 Å². The minimum atomic E-state index is -4.40. The number of carbonyl (C=O) groups is 2. The molecule has 1 unspecified atom stereocenters. The summed E-state index contributed by atoms with van der Waals surface area (Å²) in [6.45, 7) is 3.41. The molecular weight excluding hydrogens is 652 g/mol. The van der Waals surface area contributed by atoms with Crippen molar-refractivity contribution in [2.75, 3.05) is 24.0 Å². The lowest BCUT2D eigenvalue weighted by molar-refractivity contribution is -0.140. The molecule has 1 N–H and O–H groups in total. The van der Waals surface area contributed by atoms with Gasteiger partial charge in [0, 0.05) is 35.1 Å². The number of ether oxygens (including phenoxy) is 1. The highest BCUT2D eigenvalue weighted by atomic mass is 35.5. The van der Waals surface area contributed by atoms with Crippen molar-refractivity contribution in [2.24, 2.45) is 0 Å². The van der Waals surface area contributed by atoms with E-state index in [0.29, 0.717) is 24.5 Å². The van der Waals surface area contributed by atoms with Crippen LogP contribution in [0.1, 0.15) is 25.0 Å². The Labute approximate surface area is 278 Å². The molecule has 0 aliphatic heterocycles. The Bertz CT molecular complexity index is 1720. The van der Waals surface area contributed by atoms with Gasteiger partial charge in [-0.3, -0.25) is 13.9 Å². The van der Waals surface area contributed by atoms with Gasteiger partial charge in [-0.1, -0.05) is 59.6 Å². The highest BCUT2D eigenvalue weighted by Crippen LogP contribution is 2.30. The number of nitrogens with one attached hydrogen (secondary N) is 1. The number of amides is 2. The molecule has 8 nitrogen and oxygen atoms in total. The molecule has 0 aliphatic rings. The summed E-state index contributed by atoms with van der Waals surface area (Å²) < 4.78 is 48.3. The maximum atomic E-state index is 14.5. The summed E-state index contributed by atoms with van der Waals surface area (Å²) in [6, 6.07) is 23.5. The van der Waals surface area contributed by atoms with Crippen LogP contribution in [-0.2, 0) is 32.6 Å². The van der Waals surface area contributed by atoms with E-state index in [1.165, 1.54) is 17.0 Å². The van der Waals surface area contributed by atoms with Crippen LogP contribution in [0, 0.1) is 5.82 Å². The van der Waals surface area contributed by atoms with Crippen molar-refractivity contribution in [3.63, 3.8) is 0 Å². The third kappa shape index (κ3) is 8.57. The van der Waals surface area contributed by atoms with Crippen LogP contribution >= 0.6 is 23.2 Å². The number of sulfonamides is 1. The average molecular weight is 687 g/mol. The number of hydrogen-bond acceptors (Lipinski definition) is 5. The zero-order chi connectivity index (χ0) is 33.3. The van der Waals surface area contributed by atoms with E-state index in [2.05, 4.69) is 5.32 Å². The van der Waals surface area contributed by atoms with Gasteiger partial charge in [-0.05, 0) is 80.1 Å². The van der Waals surface area contributed by atoms with Gasteiger partial charge in [-0.25, -0.2) is 12.8 Å². The molecule has 0 aromatic heterocycles. The summed E-state index contributed by atoms with van der Waals surface area (Å²) in [6.07, 6.45) is 0.133. The van der Waals surface area contributed by atoms with Gasteiger partial charge in [0.15, 0.2) is 0 Å². The Kier molecular flexibility index (Phi) is 12.0. The second kappa shape index (κ2) is 15.9. The fraction of sp³-hybridized carbons (Fsp3) is 0.235. The molecule has 1 atom stereocenters. The van der Waals surface area contributed by atoms with E-state index < -0.39 is 40.2 Å². The first-order valence-corrected chi connectivity index (χ1v) is 16.8. The molecule has 4 aromatic rings. The second-order valence-corrected chi connectivity index (χ2v) is 12.9. The largest absolute Gasteiger partial charge is 0.494 e. The number of halogens is 3. The minimum Gasteiger partial charge on any atom is -0.494 e. The SMILES string of the molecule is CCNC(=O)C(Cc1ccccc1)N(Cc1c(Cl)cccc1Cl)C(=O)CN(c1ccc(OCC)cc1)S(=O)(=O)c1ccc(F)cc1. The number of likely N-dealkylation sites (N-methyl/N-ethyl adjacent to an activating group) is 1. The molecule has 242 valence electrons. The minimum absolute atomic E-state index is 0.133. The lowest BCUT2D eigenvalue weighted by Crippen LogP contribution is -2.53. The van der Waals surface area contributed by atoms with Crippen LogP contribution in [0.15, 0.2) is 102 Å². The van der Waals surface area contributed by atoms with Gasteiger partial charge >= 0.3 is 0 Å². The van der Waals surface area contributed by atoms with Crippen molar-refractivity contribution in [1.82, 2.24) is 10.2 Å². The summed E-state index contributed by atoms with van der Waals surface area (Å²) in [5.74, 6) is -1.23. The lowest BCUT2D eigenvalue weighted by atomic mass is 10.0. The summed E-state index contributed by atoms with van der Waals surface area (Å²) in [5, 5.41) is 3.36. The third-order valence-corrected chi connectivity index (χ3v) is 9.62. The van der Waals surface area contributed by atoms with E-state index in [1.54, 1.807) is 37.3 Å². The molecule has 46 heavy (non-hydrogen) atoms. The second-order valence-electron chi connectivity index (χ2n) is 10.2. The molecule has 0 bridgehead atoms. The fourth-order valence-electron chi connectivity index (χ4n) is 4.84. The number of rotatable bonds is 14. The molecule has 0 heterocycles. The van der Waals surface area contributed by atoms with Gasteiger partial charge in [0.05, 0.1) is 17.2 Å². The molecule has 4 aromatic carbocycles. The number of carbonyl (C=O) groups excluding carboxylic acids is 2. The molecule has 0 spiro atoms. The molecule has 0 saturated heterocycles. The number of benzene rings is 4. The lowest BCUT2D eigenvalue weighted by Gasteiger charge is -2.34. The number of anilines is 1. The summed E-state index contributed by atoms with van der Waals surface area (Å²) in [5.41, 5.74) is 1.34. The van der Waals surface area contributed by atoms with E-state index in [4.69, 9.17) is 27.9 Å². The van der Waals surface area contributed by atoms with Crippen LogP contribution in [-0.4, -0.2) is 50.9 Å². The van der Waals surface area contributed by atoms with Crippen molar-refractivity contribution in [1.29, 1.82) is 0 Å². The van der Waals surface area contributed by atoms with Crippen molar-refractivity contribution < 1.29 is 27.1 Å². The Hall–Kier alpha value is -4.12. The third-order valence-electron chi connectivity index (χ3n) is 7.13. The van der Waals surface area contributed by atoms with E-state index in [0.717, 1.165) is 34.1 Å². The van der Waals surface area contributed by atoms with Gasteiger partial charge in [0.1, 0.15) is 24.2 Å². The van der Waals surface area contributed by atoms with E-state index in [-0.39, 0.29) is 33.6 Å². The normalized spacial score (nSPS) is 11.8. The molecule has 2 amide bonds. The van der Waals surface area contributed by atoms with E-state index in [1.807, 2.05) is 37.3 Å². The predicted octanol–water partition coefficient (Wildman–Crippen LogP) is 6.50. The smallest absolute Gasteiger partial charge is 0.264 e. The van der Waals surface area contributed by atoms with Crippen molar-refractivity contribution in [3.05, 3.63) is 124 Å². The van der Waals surface area contributed by atoms with Gasteiger partial charge in [0.25, 0.3) is 10.0 Å². The van der Waals surface area contributed by atoms with Crippen LogP contribution in [0.2, 0.25) is 10.0 Å². The maximum absolute atomic E-state index is 14.5. The first-order chi connectivity index (χ1) is 22.0. The van der Waals surface area contributed by atoms with Crippen LogP contribution in [0.5, 0.6) is 5.75 Å². The van der Waals surface area contributed by atoms with Crippen molar-refractivity contribution in [2.45, 2.75) is 37.8 Å². The first-order valence-electron chi connectivity index (χ1n) is 14.6. The topological polar surface area (TPSA) is 96.0 Å². The first kappa shape index (κ1) is 34.7. The Morgan fingerprint density at radius 1 is 0.870 bits per heavy atom. The quantitative estimate of drug-likeness (QED) is 0.163. The predicted molar refractivity (Wildman–Crippen MR) is 178 cm³/mol. The Balaban J connectivity index is 1.82.